The molecule has 4 N–H and O–H groups in total. The lowest BCUT2D eigenvalue weighted by Crippen LogP contribution is -2.27. The number of methoxy groups -OCH3 is 1. The average Bonchev–Trinajstić information content (AvgIpc) is 2.51. The number of carbonyl (C=O) groups is 1. The lowest BCUT2D eigenvalue weighted by molar-refractivity contribution is -0.121. The van der Waals surface area contributed by atoms with E-state index >= 15 is 0 Å². The summed E-state index contributed by atoms with van der Waals surface area (Å²) in [6.45, 7) is 1.38. The van der Waals surface area contributed by atoms with Crippen molar-refractivity contribution in [2.45, 2.75) is 24.3 Å². The van der Waals surface area contributed by atoms with Crippen LogP contribution in [0.25, 0.3) is 0 Å². The summed E-state index contributed by atoms with van der Waals surface area (Å²) in [6.07, 6.45) is 1.04. The maximum atomic E-state index is 12.0. The Bertz CT molecular complexity index is 558. The average molecular weight is 329 g/mol. The molecule has 0 saturated carbocycles. The number of benzene rings is 1. The summed E-state index contributed by atoms with van der Waals surface area (Å²) < 4.78 is 31.1. The first-order valence-corrected chi connectivity index (χ1v) is 8.52. The Labute approximate surface area is 131 Å². The van der Waals surface area contributed by atoms with Gasteiger partial charge in [0.2, 0.25) is 15.9 Å². The van der Waals surface area contributed by atoms with Crippen molar-refractivity contribution in [3.8, 4) is 0 Å². The summed E-state index contributed by atoms with van der Waals surface area (Å²) in [6, 6.07) is 6.37. The van der Waals surface area contributed by atoms with Crippen molar-refractivity contribution in [3.63, 3.8) is 0 Å². The van der Waals surface area contributed by atoms with Gasteiger partial charge >= 0.3 is 0 Å². The largest absolute Gasteiger partial charge is 0.383 e. The van der Waals surface area contributed by atoms with Crippen LogP contribution in [0.4, 0.5) is 0 Å². The molecule has 0 radical (unpaired) electrons. The molecule has 7 nitrogen and oxygen atoms in total. The maximum Gasteiger partial charge on any atom is 0.240 e. The Hall–Kier alpha value is -1.48. The molecule has 1 rings (SSSR count). The van der Waals surface area contributed by atoms with E-state index in [0.29, 0.717) is 32.5 Å². The van der Waals surface area contributed by atoms with Gasteiger partial charge in [-0.15, -0.1) is 0 Å². The topological polar surface area (TPSA) is 111 Å². The van der Waals surface area contributed by atoms with Gasteiger partial charge in [0.25, 0.3) is 0 Å². The Balaban J connectivity index is 2.53. The molecule has 0 aromatic heterocycles. The molecule has 1 aromatic carbocycles. The molecule has 8 heteroatoms. The SMILES string of the molecule is COCCNS(=O)(=O)c1ccc(CNC(=O)CCCN)cc1. The van der Waals surface area contributed by atoms with E-state index in [1.165, 1.54) is 19.2 Å². The fourth-order valence-electron chi connectivity index (χ4n) is 1.70. The molecule has 0 bridgehead atoms. The second-order valence-electron chi connectivity index (χ2n) is 4.70. The summed E-state index contributed by atoms with van der Waals surface area (Å²) >= 11 is 0. The molecular formula is C14H23N3O4S. The molecule has 1 aromatic rings. The highest BCUT2D eigenvalue weighted by Gasteiger charge is 2.12. The van der Waals surface area contributed by atoms with Gasteiger partial charge in [-0.25, -0.2) is 13.1 Å². The van der Waals surface area contributed by atoms with Crippen molar-refractivity contribution < 1.29 is 17.9 Å². The molecule has 0 saturated heterocycles. The second-order valence-corrected chi connectivity index (χ2v) is 6.47. The van der Waals surface area contributed by atoms with Crippen molar-refractivity contribution in [3.05, 3.63) is 29.8 Å². The smallest absolute Gasteiger partial charge is 0.240 e. The first-order chi connectivity index (χ1) is 10.5. The Morgan fingerprint density at radius 1 is 1.27 bits per heavy atom. The van der Waals surface area contributed by atoms with Crippen molar-refractivity contribution in [2.24, 2.45) is 5.73 Å². The molecule has 0 aliphatic heterocycles. The zero-order chi connectivity index (χ0) is 16.4. The number of sulfonamides is 1. The van der Waals surface area contributed by atoms with Crippen molar-refractivity contribution in [1.82, 2.24) is 10.0 Å². The van der Waals surface area contributed by atoms with Crippen LogP contribution in [0.1, 0.15) is 18.4 Å². The number of nitrogens with two attached hydrogens (primary N) is 1. The molecule has 22 heavy (non-hydrogen) atoms. The Morgan fingerprint density at radius 2 is 1.95 bits per heavy atom. The number of hydrogen-bond donors (Lipinski definition) is 3. The Kier molecular flexibility index (Phi) is 8.03. The molecule has 0 fully saturated rings. The third-order valence-corrected chi connectivity index (χ3v) is 4.41. The number of nitrogens with one attached hydrogen (secondary N) is 2. The predicted molar refractivity (Wildman–Crippen MR) is 83.6 cm³/mol. The summed E-state index contributed by atoms with van der Waals surface area (Å²) in [4.78, 5) is 11.6. The molecule has 124 valence electrons. The van der Waals surface area contributed by atoms with E-state index in [9.17, 15) is 13.2 Å². The summed E-state index contributed by atoms with van der Waals surface area (Å²) in [5, 5.41) is 2.76. The van der Waals surface area contributed by atoms with Crippen LogP contribution in [0.2, 0.25) is 0 Å². The van der Waals surface area contributed by atoms with E-state index in [1.807, 2.05) is 0 Å². The van der Waals surface area contributed by atoms with E-state index in [2.05, 4.69) is 10.0 Å². The van der Waals surface area contributed by atoms with E-state index in [-0.39, 0.29) is 17.3 Å². The molecule has 0 atom stereocenters. The number of rotatable bonds is 10. The second kappa shape index (κ2) is 9.52. The number of carbonyl (C=O) groups excluding carboxylic acids is 1. The van der Waals surface area contributed by atoms with Crippen molar-refractivity contribution in [1.29, 1.82) is 0 Å². The normalized spacial score (nSPS) is 11.4. The van der Waals surface area contributed by atoms with Crippen LogP contribution < -0.4 is 15.8 Å². The van der Waals surface area contributed by atoms with Gasteiger partial charge in [-0.05, 0) is 30.7 Å². The van der Waals surface area contributed by atoms with Crippen molar-refractivity contribution >= 4 is 15.9 Å². The summed E-state index contributed by atoms with van der Waals surface area (Å²) in [7, 11) is -2.02. The van der Waals surface area contributed by atoms with Gasteiger partial charge in [0.15, 0.2) is 0 Å². The van der Waals surface area contributed by atoms with Gasteiger partial charge in [-0.3, -0.25) is 4.79 Å². The zero-order valence-corrected chi connectivity index (χ0v) is 13.5. The van der Waals surface area contributed by atoms with Crippen LogP contribution in [0.15, 0.2) is 29.2 Å². The van der Waals surface area contributed by atoms with E-state index in [1.54, 1.807) is 12.1 Å². The Morgan fingerprint density at radius 3 is 2.55 bits per heavy atom. The van der Waals surface area contributed by atoms with Gasteiger partial charge < -0.3 is 15.8 Å². The zero-order valence-electron chi connectivity index (χ0n) is 12.7. The fourth-order valence-corrected chi connectivity index (χ4v) is 2.71. The third kappa shape index (κ3) is 6.52. The minimum Gasteiger partial charge on any atom is -0.383 e. The number of amides is 1. The van der Waals surface area contributed by atoms with Crippen LogP contribution in [0, 0.1) is 0 Å². The van der Waals surface area contributed by atoms with Crippen LogP contribution >= 0.6 is 0 Å². The molecular weight excluding hydrogens is 306 g/mol. The number of hydrogen-bond acceptors (Lipinski definition) is 5. The quantitative estimate of drug-likeness (QED) is 0.522. The molecule has 1 amide bonds. The van der Waals surface area contributed by atoms with Gasteiger partial charge in [0.05, 0.1) is 11.5 Å². The first-order valence-electron chi connectivity index (χ1n) is 7.04. The van der Waals surface area contributed by atoms with E-state index in [4.69, 9.17) is 10.5 Å². The molecule has 0 aliphatic rings. The highest BCUT2D eigenvalue weighted by molar-refractivity contribution is 7.89. The maximum absolute atomic E-state index is 12.0. The molecule has 0 spiro atoms. The first kappa shape index (κ1) is 18.6. The van der Waals surface area contributed by atoms with Gasteiger partial charge in [-0.2, -0.15) is 0 Å². The van der Waals surface area contributed by atoms with Crippen LogP contribution in [-0.2, 0) is 26.1 Å². The fraction of sp³-hybridized carbons (Fsp3) is 0.500. The standard InChI is InChI=1S/C14H23N3O4S/c1-21-10-9-17-22(19,20)13-6-4-12(5-7-13)11-16-14(18)3-2-8-15/h4-7,17H,2-3,8-11,15H2,1H3,(H,16,18). The molecule has 0 unspecified atom stereocenters. The summed E-state index contributed by atoms with van der Waals surface area (Å²) in [5.74, 6) is -0.0663. The minimum atomic E-state index is -3.52. The van der Waals surface area contributed by atoms with Crippen molar-refractivity contribution in [2.75, 3.05) is 26.8 Å². The minimum absolute atomic E-state index is 0.0663. The molecule has 0 heterocycles. The monoisotopic (exact) mass is 329 g/mol. The predicted octanol–water partition coefficient (Wildman–Crippen LogP) is -0.0336. The summed E-state index contributed by atoms with van der Waals surface area (Å²) in [5.41, 5.74) is 6.16. The molecule has 0 aliphatic carbocycles. The van der Waals surface area contributed by atoms with Crippen LogP contribution in [0.3, 0.4) is 0 Å². The number of ether oxygens (including phenoxy) is 1. The van der Waals surface area contributed by atoms with E-state index < -0.39 is 10.0 Å². The van der Waals surface area contributed by atoms with E-state index in [0.717, 1.165) is 5.56 Å². The highest BCUT2D eigenvalue weighted by Crippen LogP contribution is 2.10. The van der Waals surface area contributed by atoms with Gasteiger partial charge in [0, 0.05) is 26.6 Å². The van der Waals surface area contributed by atoms with Crippen LogP contribution in [0.5, 0.6) is 0 Å². The van der Waals surface area contributed by atoms with Gasteiger partial charge in [-0.1, -0.05) is 12.1 Å². The highest BCUT2D eigenvalue weighted by atomic mass is 32.2. The lowest BCUT2D eigenvalue weighted by Gasteiger charge is -2.08. The van der Waals surface area contributed by atoms with Crippen LogP contribution in [-0.4, -0.2) is 41.1 Å². The van der Waals surface area contributed by atoms with Gasteiger partial charge in [0.1, 0.15) is 0 Å². The lowest BCUT2D eigenvalue weighted by atomic mass is 10.2. The third-order valence-electron chi connectivity index (χ3n) is 2.93.